The van der Waals surface area contributed by atoms with Crippen LogP contribution in [0.2, 0.25) is 0 Å². The standard InChI is InChI=1S/C11H11N7O/c12-9-15-10(13-7-8-3-1-6-19-8)17-11(16-9)18-5-2-4-14-18/h1-6H,7H2,(H3,12,13,15,16,17). The average Bonchev–Trinajstić information content (AvgIpc) is 3.09. The zero-order chi connectivity index (χ0) is 13.1. The molecule has 3 heterocycles. The van der Waals surface area contributed by atoms with Gasteiger partial charge in [-0.15, -0.1) is 0 Å². The number of anilines is 2. The van der Waals surface area contributed by atoms with Crippen molar-refractivity contribution in [3.8, 4) is 5.95 Å². The van der Waals surface area contributed by atoms with E-state index < -0.39 is 0 Å². The lowest BCUT2D eigenvalue weighted by Gasteiger charge is -2.05. The first-order valence-electron chi connectivity index (χ1n) is 5.59. The Morgan fingerprint density at radius 1 is 1.26 bits per heavy atom. The highest BCUT2D eigenvalue weighted by Gasteiger charge is 2.06. The second-order valence-corrected chi connectivity index (χ2v) is 3.70. The van der Waals surface area contributed by atoms with E-state index in [-0.39, 0.29) is 5.95 Å². The molecular weight excluding hydrogens is 246 g/mol. The molecule has 19 heavy (non-hydrogen) atoms. The lowest BCUT2D eigenvalue weighted by atomic mass is 10.4. The summed E-state index contributed by atoms with van der Waals surface area (Å²) in [4.78, 5) is 12.2. The predicted octanol–water partition coefficient (Wildman–Crippen LogP) is 0.845. The normalized spacial score (nSPS) is 10.5. The molecule has 0 spiro atoms. The van der Waals surface area contributed by atoms with E-state index in [0.717, 1.165) is 5.76 Å². The summed E-state index contributed by atoms with van der Waals surface area (Å²) < 4.78 is 6.72. The Hall–Kier alpha value is -2.90. The molecule has 8 nitrogen and oxygen atoms in total. The molecule has 0 fully saturated rings. The van der Waals surface area contributed by atoms with Crippen molar-refractivity contribution >= 4 is 11.9 Å². The first-order chi connectivity index (χ1) is 9.31. The zero-order valence-corrected chi connectivity index (χ0v) is 9.89. The molecule has 3 N–H and O–H groups in total. The summed E-state index contributed by atoms with van der Waals surface area (Å²) in [5.41, 5.74) is 5.65. The van der Waals surface area contributed by atoms with Crippen LogP contribution in [0.3, 0.4) is 0 Å². The van der Waals surface area contributed by atoms with Crippen molar-refractivity contribution in [1.29, 1.82) is 0 Å². The molecule has 0 atom stereocenters. The van der Waals surface area contributed by atoms with E-state index in [2.05, 4.69) is 25.4 Å². The van der Waals surface area contributed by atoms with Crippen LogP contribution < -0.4 is 11.1 Å². The number of rotatable bonds is 4. The van der Waals surface area contributed by atoms with E-state index >= 15 is 0 Å². The van der Waals surface area contributed by atoms with Crippen LogP contribution in [0.15, 0.2) is 41.3 Å². The smallest absolute Gasteiger partial charge is 0.257 e. The number of furan rings is 1. The van der Waals surface area contributed by atoms with Gasteiger partial charge >= 0.3 is 0 Å². The van der Waals surface area contributed by atoms with E-state index in [9.17, 15) is 0 Å². The number of hydrogen-bond donors (Lipinski definition) is 2. The molecule has 0 radical (unpaired) electrons. The maximum Gasteiger partial charge on any atom is 0.257 e. The largest absolute Gasteiger partial charge is 0.467 e. The van der Waals surface area contributed by atoms with Crippen molar-refractivity contribution in [1.82, 2.24) is 24.7 Å². The molecule has 3 aromatic heterocycles. The Bertz CT molecular complexity index is 648. The lowest BCUT2D eigenvalue weighted by molar-refractivity contribution is 0.517. The molecule has 0 aliphatic rings. The summed E-state index contributed by atoms with van der Waals surface area (Å²) in [5, 5.41) is 7.05. The van der Waals surface area contributed by atoms with Crippen LogP contribution in [0, 0.1) is 0 Å². The summed E-state index contributed by atoms with van der Waals surface area (Å²) in [6.07, 6.45) is 4.97. The Kier molecular flexibility index (Phi) is 2.81. The summed E-state index contributed by atoms with van der Waals surface area (Å²) in [6, 6.07) is 5.44. The first kappa shape index (κ1) is 11.2. The Balaban J connectivity index is 1.82. The molecule has 0 aliphatic carbocycles. The van der Waals surface area contributed by atoms with Crippen LogP contribution in [0.1, 0.15) is 5.76 Å². The van der Waals surface area contributed by atoms with E-state index in [1.54, 1.807) is 24.7 Å². The highest BCUT2D eigenvalue weighted by Crippen LogP contribution is 2.08. The van der Waals surface area contributed by atoms with Crippen LogP contribution in [0.5, 0.6) is 0 Å². The molecule has 0 saturated heterocycles. The van der Waals surface area contributed by atoms with Crippen molar-refractivity contribution in [2.45, 2.75) is 6.54 Å². The Morgan fingerprint density at radius 3 is 2.95 bits per heavy atom. The number of nitrogens with one attached hydrogen (secondary N) is 1. The third kappa shape index (κ3) is 2.51. The molecule has 0 amide bonds. The number of nitrogens with two attached hydrogens (primary N) is 1. The van der Waals surface area contributed by atoms with E-state index in [1.165, 1.54) is 4.68 Å². The molecule has 0 aliphatic heterocycles. The summed E-state index contributed by atoms with van der Waals surface area (Å²) >= 11 is 0. The van der Waals surface area contributed by atoms with Gasteiger partial charge in [-0.2, -0.15) is 20.1 Å². The van der Waals surface area contributed by atoms with Gasteiger partial charge in [-0.1, -0.05) is 0 Å². The Labute approximate surface area is 108 Å². The van der Waals surface area contributed by atoms with Gasteiger partial charge in [0.15, 0.2) is 0 Å². The van der Waals surface area contributed by atoms with Crippen LogP contribution in [-0.4, -0.2) is 24.7 Å². The lowest BCUT2D eigenvalue weighted by Crippen LogP contribution is -2.11. The monoisotopic (exact) mass is 257 g/mol. The second-order valence-electron chi connectivity index (χ2n) is 3.70. The SMILES string of the molecule is Nc1nc(NCc2ccco2)nc(-n2cccn2)n1. The van der Waals surface area contributed by atoms with Crippen molar-refractivity contribution in [2.24, 2.45) is 0 Å². The minimum atomic E-state index is 0.127. The molecular formula is C11H11N7O. The number of hydrogen-bond acceptors (Lipinski definition) is 7. The van der Waals surface area contributed by atoms with Crippen molar-refractivity contribution in [3.05, 3.63) is 42.6 Å². The van der Waals surface area contributed by atoms with E-state index in [0.29, 0.717) is 18.4 Å². The maximum absolute atomic E-state index is 5.65. The summed E-state index contributed by atoms with van der Waals surface area (Å²) in [6.45, 7) is 0.467. The quantitative estimate of drug-likeness (QED) is 0.713. The second kappa shape index (κ2) is 4.77. The van der Waals surface area contributed by atoms with Gasteiger partial charge in [0, 0.05) is 12.4 Å². The van der Waals surface area contributed by atoms with Crippen LogP contribution in [0.4, 0.5) is 11.9 Å². The molecule has 0 aromatic carbocycles. The van der Waals surface area contributed by atoms with Crippen LogP contribution in [-0.2, 0) is 6.54 Å². The summed E-state index contributed by atoms with van der Waals surface area (Å²) in [5.74, 6) is 1.64. The molecule has 0 unspecified atom stereocenters. The van der Waals surface area contributed by atoms with Crippen LogP contribution >= 0.6 is 0 Å². The van der Waals surface area contributed by atoms with Crippen molar-refractivity contribution < 1.29 is 4.42 Å². The van der Waals surface area contributed by atoms with Gasteiger partial charge in [-0.25, -0.2) is 4.68 Å². The molecule has 3 aromatic rings. The highest BCUT2D eigenvalue weighted by atomic mass is 16.3. The fourth-order valence-corrected chi connectivity index (χ4v) is 1.53. The fourth-order valence-electron chi connectivity index (χ4n) is 1.53. The van der Waals surface area contributed by atoms with Gasteiger partial charge in [-0.05, 0) is 18.2 Å². The zero-order valence-electron chi connectivity index (χ0n) is 9.89. The third-order valence-electron chi connectivity index (χ3n) is 2.35. The molecule has 8 heteroatoms. The molecule has 0 bridgehead atoms. The molecule has 0 saturated carbocycles. The van der Waals surface area contributed by atoms with Gasteiger partial charge in [0.2, 0.25) is 11.9 Å². The fraction of sp³-hybridized carbons (Fsp3) is 0.0909. The molecule has 96 valence electrons. The minimum absolute atomic E-state index is 0.127. The topological polar surface area (TPSA) is 108 Å². The number of nitrogens with zero attached hydrogens (tertiary/aromatic N) is 5. The average molecular weight is 257 g/mol. The summed E-state index contributed by atoms with van der Waals surface area (Å²) in [7, 11) is 0. The van der Waals surface area contributed by atoms with Crippen LogP contribution in [0.25, 0.3) is 5.95 Å². The van der Waals surface area contributed by atoms with Gasteiger partial charge in [0.1, 0.15) is 5.76 Å². The van der Waals surface area contributed by atoms with E-state index in [4.69, 9.17) is 10.2 Å². The van der Waals surface area contributed by atoms with Gasteiger partial charge in [0.25, 0.3) is 5.95 Å². The van der Waals surface area contributed by atoms with E-state index in [1.807, 2.05) is 12.1 Å². The highest BCUT2D eigenvalue weighted by molar-refractivity contribution is 5.35. The number of aromatic nitrogens is 5. The maximum atomic E-state index is 5.65. The Morgan fingerprint density at radius 2 is 2.21 bits per heavy atom. The van der Waals surface area contributed by atoms with Gasteiger partial charge < -0.3 is 15.5 Å². The predicted molar refractivity (Wildman–Crippen MR) is 67.4 cm³/mol. The minimum Gasteiger partial charge on any atom is -0.467 e. The molecule has 3 rings (SSSR count). The van der Waals surface area contributed by atoms with Gasteiger partial charge in [-0.3, -0.25) is 0 Å². The van der Waals surface area contributed by atoms with Gasteiger partial charge in [0.05, 0.1) is 12.8 Å². The van der Waals surface area contributed by atoms with Crippen molar-refractivity contribution in [3.63, 3.8) is 0 Å². The van der Waals surface area contributed by atoms with Crippen molar-refractivity contribution in [2.75, 3.05) is 11.1 Å². The third-order valence-corrected chi connectivity index (χ3v) is 2.35. The first-order valence-corrected chi connectivity index (χ1v) is 5.59. The number of nitrogen functional groups attached to an aromatic ring is 1.